The normalized spacial score (nSPS) is 21.4. The zero-order valence-corrected chi connectivity index (χ0v) is 13.1. The SMILES string of the molecule is CCO[C@@H]1CCCC[C@H]1n1cc(-c2cnn(CC(=O)O)c2)nn1. The predicted molar refractivity (Wildman–Crippen MR) is 81.8 cm³/mol. The average Bonchev–Trinajstić information content (AvgIpc) is 3.16. The van der Waals surface area contributed by atoms with Crippen LogP contribution < -0.4 is 0 Å². The van der Waals surface area contributed by atoms with E-state index in [0.717, 1.165) is 18.4 Å². The molecule has 8 heteroatoms. The standard InChI is InChI=1S/C15H21N5O3/c1-2-23-14-6-4-3-5-13(14)20-9-12(17-18-20)11-7-16-19(8-11)10-15(21)22/h7-9,13-14H,2-6,10H2,1H3,(H,21,22)/t13-,14-/m1/s1. The number of rotatable bonds is 6. The van der Waals surface area contributed by atoms with E-state index in [9.17, 15) is 4.79 Å². The Kier molecular flexibility index (Phi) is 4.71. The molecule has 1 saturated carbocycles. The lowest BCUT2D eigenvalue weighted by molar-refractivity contribution is -0.137. The zero-order chi connectivity index (χ0) is 16.2. The Labute approximate surface area is 134 Å². The van der Waals surface area contributed by atoms with E-state index in [1.165, 1.54) is 17.5 Å². The zero-order valence-electron chi connectivity index (χ0n) is 13.1. The van der Waals surface area contributed by atoms with Crippen molar-refractivity contribution in [1.82, 2.24) is 24.8 Å². The van der Waals surface area contributed by atoms with Crippen LogP contribution in [0.4, 0.5) is 0 Å². The van der Waals surface area contributed by atoms with Crippen molar-refractivity contribution in [2.24, 2.45) is 0 Å². The highest BCUT2D eigenvalue weighted by molar-refractivity contribution is 5.66. The Morgan fingerprint density at radius 3 is 3.00 bits per heavy atom. The number of nitrogens with zero attached hydrogens (tertiary/aromatic N) is 5. The fourth-order valence-electron chi connectivity index (χ4n) is 3.08. The third kappa shape index (κ3) is 3.58. The highest BCUT2D eigenvalue weighted by Gasteiger charge is 2.28. The van der Waals surface area contributed by atoms with E-state index in [0.29, 0.717) is 12.3 Å². The highest BCUT2D eigenvalue weighted by Crippen LogP contribution is 2.31. The van der Waals surface area contributed by atoms with Crippen LogP contribution in [0.25, 0.3) is 11.3 Å². The molecule has 23 heavy (non-hydrogen) atoms. The molecule has 124 valence electrons. The summed E-state index contributed by atoms with van der Waals surface area (Å²) < 4.78 is 9.10. The van der Waals surface area contributed by atoms with Gasteiger partial charge in [-0.25, -0.2) is 4.68 Å². The maximum Gasteiger partial charge on any atom is 0.325 e. The fraction of sp³-hybridized carbons (Fsp3) is 0.600. The molecule has 1 N–H and O–H groups in total. The van der Waals surface area contributed by atoms with Crippen LogP contribution in [0.15, 0.2) is 18.6 Å². The second-order valence-electron chi connectivity index (χ2n) is 5.75. The summed E-state index contributed by atoms with van der Waals surface area (Å²) in [6.45, 7) is 2.54. The van der Waals surface area contributed by atoms with Crippen LogP contribution in [0.2, 0.25) is 0 Å². The molecule has 2 aromatic rings. The van der Waals surface area contributed by atoms with E-state index in [-0.39, 0.29) is 18.7 Å². The van der Waals surface area contributed by atoms with Gasteiger partial charge in [-0.1, -0.05) is 18.1 Å². The third-order valence-corrected chi connectivity index (χ3v) is 4.12. The van der Waals surface area contributed by atoms with Crippen molar-refractivity contribution in [1.29, 1.82) is 0 Å². The highest BCUT2D eigenvalue weighted by atomic mass is 16.5. The van der Waals surface area contributed by atoms with Gasteiger partial charge in [0, 0.05) is 18.4 Å². The summed E-state index contributed by atoms with van der Waals surface area (Å²) in [5.74, 6) is -0.926. The molecule has 2 aromatic heterocycles. The molecule has 0 aromatic carbocycles. The lowest BCUT2D eigenvalue weighted by Gasteiger charge is -2.30. The summed E-state index contributed by atoms with van der Waals surface area (Å²) >= 11 is 0. The molecule has 0 aliphatic heterocycles. The molecule has 0 bridgehead atoms. The van der Waals surface area contributed by atoms with Crippen LogP contribution in [0, 0.1) is 0 Å². The fourth-order valence-corrected chi connectivity index (χ4v) is 3.08. The van der Waals surface area contributed by atoms with Crippen molar-refractivity contribution in [3.8, 4) is 11.3 Å². The van der Waals surface area contributed by atoms with Crippen molar-refractivity contribution in [3.05, 3.63) is 18.6 Å². The molecule has 0 radical (unpaired) electrons. The summed E-state index contributed by atoms with van der Waals surface area (Å²) in [4.78, 5) is 10.7. The second kappa shape index (κ2) is 6.91. The molecular weight excluding hydrogens is 298 g/mol. The molecule has 8 nitrogen and oxygen atoms in total. The third-order valence-electron chi connectivity index (χ3n) is 4.12. The predicted octanol–water partition coefficient (Wildman–Crippen LogP) is 1.75. The molecule has 1 fully saturated rings. The van der Waals surface area contributed by atoms with Crippen LogP contribution in [0.1, 0.15) is 38.6 Å². The topological polar surface area (TPSA) is 95.1 Å². The second-order valence-corrected chi connectivity index (χ2v) is 5.75. The van der Waals surface area contributed by atoms with E-state index in [2.05, 4.69) is 15.4 Å². The minimum Gasteiger partial charge on any atom is -0.480 e. The number of aromatic nitrogens is 5. The summed E-state index contributed by atoms with van der Waals surface area (Å²) in [5, 5.41) is 21.3. The molecule has 0 spiro atoms. The number of hydrogen-bond acceptors (Lipinski definition) is 5. The van der Waals surface area contributed by atoms with Gasteiger partial charge >= 0.3 is 5.97 Å². The Morgan fingerprint density at radius 1 is 1.39 bits per heavy atom. The Balaban J connectivity index is 1.76. The van der Waals surface area contributed by atoms with E-state index in [4.69, 9.17) is 9.84 Å². The summed E-state index contributed by atoms with van der Waals surface area (Å²) in [5.41, 5.74) is 1.46. The maximum absolute atomic E-state index is 10.7. The van der Waals surface area contributed by atoms with E-state index >= 15 is 0 Å². The number of aliphatic carboxylic acids is 1. The first-order valence-corrected chi connectivity index (χ1v) is 7.95. The van der Waals surface area contributed by atoms with Crippen molar-refractivity contribution in [3.63, 3.8) is 0 Å². The molecule has 2 atom stereocenters. The van der Waals surface area contributed by atoms with Gasteiger partial charge in [-0.2, -0.15) is 5.10 Å². The Bertz CT molecular complexity index is 664. The number of hydrogen-bond donors (Lipinski definition) is 1. The number of carboxylic acids is 1. The first-order valence-electron chi connectivity index (χ1n) is 7.95. The van der Waals surface area contributed by atoms with Crippen LogP contribution >= 0.6 is 0 Å². The van der Waals surface area contributed by atoms with Gasteiger partial charge in [-0.3, -0.25) is 9.48 Å². The van der Waals surface area contributed by atoms with Gasteiger partial charge in [0.25, 0.3) is 0 Å². The monoisotopic (exact) mass is 319 g/mol. The summed E-state index contributed by atoms with van der Waals surface area (Å²) in [6.07, 6.45) is 9.78. The van der Waals surface area contributed by atoms with E-state index < -0.39 is 5.97 Å². The largest absolute Gasteiger partial charge is 0.480 e. The van der Waals surface area contributed by atoms with Crippen LogP contribution in [-0.2, 0) is 16.1 Å². The summed E-state index contributed by atoms with van der Waals surface area (Å²) in [6, 6.07) is 0.207. The van der Waals surface area contributed by atoms with Crippen molar-refractivity contribution < 1.29 is 14.6 Å². The van der Waals surface area contributed by atoms with Crippen molar-refractivity contribution >= 4 is 5.97 Å². The van der Waals surface area contributed by atoms with Crippen LogP contribution in [0.3, 0.4) is 0 Å². The van der Waals surface area contributed by atoms with Gasteiger partial charge in [-0.05, 0) is 19.8 Å². The van der Waals surface area contributed by atoms with Crippen molar-refractivity contribution in [2.45, 2.75) is 51.3 Å². The first-order chi connectivity index (χ1) is 11.2. The molecule has 1 aliphatic carbocycles. The van der Waals surface area contributed by atoms with E-state index in [1.54, 1.807) is 12.4 Å². The van der Waals surface area contributed by atoms with Gasteiger partial charge in [-0.15, -0.1) is 5.10 Å². The number of ether oxygens (including phenoxy) is 1. The average molecular weight is 319 g/mol. The number of carbonyl (C=O) groups is 1. The van der Waals surface area contributed by atoms with Crippen molar-refractivity contribution in [2.75, 3.05) is 6.61 Å². The quantitative estimate of drug-likeness (QED) is 0.871. The molecule has 3 rings (SSSR count). The molecule has 0 amide bonds. The molecular formula is C15H21N5O3. The molecule has 0 saturated heterocycles. The molecule has 0 unspecified atom stereocenters. The van der Waals surface area contributed by atoms with Gasteiger partial charge in [0.2, 0.25) is 0 Å². The minimum absolute atomic E-state index is 0.164. The Morgan fingerprint density at radius 2 is 2.22 bits per heavy atom. The van der Waals surface area contributed by atoms with E-state index in [1.807, 2.05) is 17.8 Å². The summed E-state index contributed by atoms with van der Waals surface area (Å²) in [7, 11) is 0. The first kappa shape index (κ1) is 15.7. The molecule has 1 aliphatic rings. The molecule has 2 heterocycles. The van der Waals surface area contributed by atoms with Gasteiger partial charge < -0.3 is 9.84 Å². The maximum atomic E-state index is 10.7. The van der Waals surface area contributed by atoms with Gasteiger partial charge in [0.15, 0.2) is 0 Å². The Hall–Kier alpha value is -2.22. The van der Waals surface area contributed by atoms with Gasteiger partial charge in [0.05, 0.1) is 24.5 Å². The smallest absolute Gasteiger partial charge is 0.325 e. The minimum atomic E-state index is -0.926. The van der Waals surface area contributed by atoms with Crippen LogP contribution in [0.5, 0.6) is 0 Å². The van der Waals surface area contributed by atoms with Gasteiger partial charge in [0.1, 0.15) is 12.2 Å². The lowest BCUT2D eigenvalue weighted by Crippen LogP contribution is -2.30. The number of carboxylic acid groups (broad SMARTS) is 1. The lowest BCUT2D eigenvalue weighted by atomic mass is 9.92. The van der Waals surface area contributed by atoms with Crippen LogP contribution in [-0.4, -0.2) is 48.6 Å².